The fourth-order valence-corrected chi connectivity index (χ4v) is 3.85. The summed E-state index contributed by atoms with van der Waals surface area (Å²) in [5.74, 6) is -0.242. The van der Waals surface area contributed by atoms with Gasteiger partial charge in [0.15, 0.2) is 0 Å². The van der Waals surface area contributed by atoms with Gasteiger partial charge < -0.3 is 19.6 Å². The number of carboxylic acid groups (broad SMARTS) is 1. The molecule has 0 saturated carbocycles. The molecule has 0 aliphatic carbocycles. The molecular formula is C26H32N2O4. The van der Waals surface area contributed by atoms with Crippen LogP contribution in [0.4, 0.5) is 5.69 Å². The van der Waals surface area contributed by atoms with Crippen molar-refractivity contribution in [3.05, 3.63) is 65.7 Å². The quantitative estimate of drug-likeness (QED) is 0.619. The van der Waals surface area contributed by atoms with Gasteiger partial charge in [-0.2, -0.15) is 0 Å². The fourth-order valence-electron chi connectivity index (χ4n) is 3.85. The van der Waals surface area contributed by atoms with Crippen molar-refractivity contribution in [2.24, 2.45) is 5.92 Å². The Labute approximate surface area is 190 Å². The number of likely N-dealkylation sites (N-methyl/N-ethyl adjacent to an activating group) is 1. The number of anilines is 1. The lowest BCUT2D eigenvalue weighted by Crippen LogP contribution is -2.36. The van der Waals surface area contributed by atoms with E-state index in [0.717, 1.165) is 35.7 Å². The third kappa shape index (κ3) is 6.61. The van der Waals surface area contributed by atoms with Crippen molar-refractivity contribution in [1.82, 2.24) is 4.90 Å². The minimum atomic E-state index is -0.703. The maximum Gasteiger partial charge on any atom is 0.306 e. The number of hydrogen-bond donors (Lipinski definition) is 1. The van der Waals surface area contributed by atoms with E-state index in [1.165, 1.54) is 0 Å². The van der Waals surface area contributed by atoms with Gasteiger partial charge in [-0.15, -0.1) is 0 Å². The van der Waals surface area contributed by atoms with Gasteiger partial charge in [0.1, 0.15) is 5.75 Å². The predicted octanol–water partition coefficient (Wildman–Crippen LogP) is 4.45. The Kier molecular flexibility index (Phi) is 7.92. The smallest absolute Gasteiger partial charge is 0.306 e. The third-order valence-electron chi connectivity index (χ3n) is 5.56. The zero-order valence-corrected chi connectivity index (χ0v) is 19.0. The molecule has 6 heteroatoms. The fraction of sp³-hybridized carbons (Fsp3) is 0.385. The molecule has 1 aliphatic heterocycles. The Balaban J connectivity index is 1.58. The zero-order valence-electron chi connectivity index (χ0n) is 19.0. The minimum Gasteiger partial charge on any atom is -0.491 e. The van der Waals surface area contributed by atoms with Gasteiger partial charge in [-0.3, -0.25) is 9.59 Å². The number of rotatable bonds is 8. The number of aliphatic carboxylic acids is 1. The zero-order chi connectivity index (χ0) is 23.1. The number of carboxylic acids is 1. The van der Waals surface area contributed by atoms with E-state index in [1.807, 2.05) is 56.3 Å². The van der Waals surface area contributed by atoms with Crippen molar-refractivity contribution in [1.29, 1.82) is 0 Å². The summed E-state index contributed by atoms with van der Waals surface area (Å²) < 4.78 is 5.70. The van der Waals surface area contributed by atoms with Crippen molar-refractivity contribution in [3.8, 4) is 5.75 Å². The molecule has 170 valence electrons. The van der Waals surface area contributed by atoms with Gasteiger partial charge in [0.05, 0.1) is 12.0 Å². The number of carbonyl (C=O) groups is 2. The maximum absolute atomic E-state index is 12.6. The first kappa shape index (κ1) is 23.4. The van der Waals surface area contributed by atoms with E-state index < -0.39 is 5.97 Å². The molecule has 1 aliphatic rings. The molecule has 1 saturated heterocycles. The summed E-state index contributed by atoms with van der Waals surface area (Å²) in [5, 5.41) is 9.19. The second kappa shape index (κ2) is 10.8. The molecule has 3 rings (SSSR count). The summed E-state index contributed by atoms with van der Waals surface area (Å²) in [6.07, 6.45) is 4.80. The average molecular weight is 437 g/mol. The van der Waals surface area contributed by atoms with Crippen molar-refractivity contribution >= 4 is 23.6 Å². The number of hydrogen-bond acceptors (Lipinski definition) is 4. The molecule has 0 bridgehead atoms. The lowest BCUT2D eigenvalue weighted by Gasteiger charge is -2.32. The van der Waals surface area contributed by atoms with E-state index in [0.29, 0.717) is 19.4 Å². The van der Waals surface area contributed by atoms with Crippen molar-refractivity contribution in [3.63, 3.8) is 0 Å². The van der Waals surface area contributed by atoms with E-state index >= 15 is 0 Å². The molecular weight excluding hydrogens is 404 g/mol. The number of benzene rings is 2. The van der Waals surface area contributed by atoms with Crippen molar-refractivity contribution in [2.45, 2.75) is 39.3 Å². The van der Waals surface area contributed by atoms with Crippen LogP contribution in [0.1, 0.15) is 37.8 Å². The van der Waals surface area contributed by atoms with Crippen molar-refractivity contribution < 1.29 is 19.4 Å². The Morgan fingerprint density at radius 3 is 2.56 bits per heavy atom. The highest BCUT2D eigenvalue weighted by Gasteiger charge is 2.24. The van der Waals surface area contributed by atoms with Gasteiger partial charge >= 0.3 is 5.97 Å². The standard InChI is InChI=1S/C26H32N2O4/c1-19(2)32-24-9-5-6-20(17-24)10-11-25(29)27(3)18-21-7-4-8-23(16-21)28-14-12-22(13-15-28)26(30)31/h4-11,16-17,19,22H,12-15,18H2,1-3H3,(H,30,31)/b11-10+. The lowest BCUT2D eigenvalue weighted by molar-refractivity contribution is -0.142. The van der Waals surface area contributed by atoms with E-state index in [1.54, 1.807) is 24.1 Å². The van der Waals surface area contributed by atoms with E-state index in [4.69, 9.17) is 4.74 Å². The van der Waals surface area contributed by atoms with Gasteiger partial charge in [0, 0.05) is 38.4 Å². The molecule has 1 fully saturated rings. The first-order valence-corrected chi connectivity index (χ1v) is 11.1. The number of carbonyl (C=O) groups excluding carboxylic acids is 1. The Morgan fingerprint density at radius 1 is 1.16 bits per heavy atom. The van der Waals surface area contributed by atoms with Crippen molar-refractivity contribution in [2.75, 3.05) is 25.0 Å². The Hall–Kier alpha value is -3.28. The van der Waals surface area contributed by atoms with Gasteiger partial charge in [-0.1, -0.05) is 24.3 Å². The molecule has 1 N–H and O–H groups in total. The molecule has 0 atom stereocenters. The number of amides is 1. The van der Waals surface area contributed by atoms with E-state index in [-0.39, 0.29) is 17.9 Å². The monoisotopic (exact) mass is 436 g/mol. The topological polar surface area (TPSA) is 70.1 Å². The number of nitrogens with zero attached hydrogens (tertiary/aromatic N) is 2. The average Bonchev–Trinajstić information content (AvgIpc) is 2.77. The number of piperidine rings is 1. The molecule has 6 nitrogen and oxygen atoms in total. The van der Waals surface area contributed by atoms with Gasteiger partial charge in [-0.25, -0.2) is 0 Å². The second-order valence-corrected chi connectivity index (χ2v) is 8.54. The van der Waals surface area contributed by atoms with Gasteiger partial charge in [-0.05, 0) is 68.2 Å². The maximum atomic E-state index is 12.6. The number of ether oxygens (including phenoxy) is 1. The molecule has 2 aromatic carbocycles. The van der Waals surface area contributed by atoms with Crippen LogP contribution in [0.2, 0.25) is 0 Å². The van der Waals surface area contributed by atoms with E-state index in [2.05, 4.69) is 11.0 Å². The molecule has 0 unspecified atom stereocenters. The van der Waals surface area contributed by atoms with Crippen LogP contribution in [0.25, 0.3) is 6.08 Å². The van der Waals surface area contributed by atoms with Gasteiger partial charge in [0.25, 0.3) is 0 Å². The summed E-state index contributed by atoms with van der Waals surface area (Å²) in [5.41, 5.74) is 3.03. The van der Waals surface area contributed by atoms with Crippen LogP contribution in [-0.4, -0.2) is 48.1 Å². The van der Waals surface area contributed by atoms with Crippen LogP contribution in [-0.2, 0) is 16.1 Å². The first-order valence-electron chi connectivity index (χ1n) is 11.1. The van der Waals surface area contributed by atoms with Crippen LogP contribution in [0, 0.1) is 5.92 Å². The summed E-state index contributed by atoms with van der Waals surface area (Å²) in [7, 11) is 1.79. The molecule has 1 amide bonds. The highest BCUT2D eigenvalue weighted by molar-refractivity contribution is 5.91. The lowest BCUT2D eigenvalue weighted by atomic mass is 9.96. The largest absolute Gasteiger partial charge is 0.491 e. The van der Waals surface area contributed by atoms with Crippen LogP contribution >= 0.6 is 0 Å². The van der Waals surface area contributed by atoms with Crippen LogP contribution in [0.5, 0.6) is 5.75 Å². The normalized spacial score (nSPS) is 14.7. The van der Waals surface area contributed by atoms with Crippen LogP contribution < -0.4 is 9.64 Å². The molecule has 0 radical (unpaired) electrons. The summed E-state index contributed by atoms with van der Waals surface area (Å²) in [6.45, 7) is 5.93. The summed E-state index contributed by atoms with van der Waals surface area (Å²) in [6, 6.07) is 15.8. The summed E-state index contributed by atoms with van der Waals surface area (Å²) >= 11 is 0. The highest BCUT2D eigenvalue weighted by Crippen LogP contribution is 2.24. The molecule has 1 heterocycles. The van der Waals surface area contributed by atoms with Crippen LogP contribution in [0.15, 0.2) is 54.6 Å². The second-order valence-electron chi connectivity index (χ2n) is 8.54. The molecule has 2 aromatic rings. The Morgan fingerprint density at radius 2 is 1.88 bits per heavy atom. The van der Waals surface area contributed by atoms with Crippen LogP contribution in [0.3, 0.4) is 0 Å². The SMILES string of the molecule is CC(C)Oc1cccc(/C=C/C(=O)N(C)Cc2cccc(N3CCC(C(=O)O)CC3)c2)c1. The Bertz CT molecular complexity index is 962. The van der Waals surface area contributed by atoms with Gasteiger partial charge in [0.2, 0.25) is 5.91 Å². The molecule has 0 aromatic heterocycles. The molecule has 32 heavy (non-hydrogen) atoms. The third-order valence-corrected chi connectivity index (χ3v) is 5.56. The highest BCUT2D eigenvalue weighted by atomic mass is 16.5. The first-order chi connectivity index (χ1) is 15.3. The minimum absolute atomic E-state index is 0.0761. The predicted molar refractivity (Wildman–Crippen MR) is 127 cm³/mol. The summed E-state index contributed by atoms with van der Waals surface area (Å²) in [4.78, 5) is 27.7. The van der Waals surface area contributed by atoms with E-state index in [9.17, 15) is 14.7 Å². The molecule has 0 spiro atoms.